The molecule has 0 bridgehead atoms. The number of aliphatic hydroxyl groups is 1. The molecule has 0 aliphatic carbocycles. The largest absolute Gasteiger partial charge is 0.388 e. The van der Waals surface area contributed by atoms with E-state index >= 15 is 0 Å². The van der Waals surface area contributed by atoms with Crippen LogP contribution < -0.4 is 0 Å². The summed E-state index contributed by atoms with van der Waals surface area (Å²) in [5, 5.41) is 13.3. The number of aromatic nitrogens is 1. The van der Waals surface area contributed by atoms with Gasteiger partial charge in [-0.2, -0.15) is 0 Å². The van der Waals surface area contributed by atoms with Gasteiger partial charge in [-0.15, -0.1) is 11.3 Å². The third kappa shape index (κ3) is 3.40. The molecule has 1 heterocycles. The van der Waals surface area contributed by atoms with Crippen LogP contribution in [-0.2, 0) is 12.8 Å². The summed E-state index contributed by atoms with van der Waals surface area (Å²) in [6.07, 6.45) is 2.34. The second-order valence-electron chi connectivity index (χ2n) is 4.57. The number of rotatable bonds is 5. The second kappa shape index (κ2) is 6.12. The van der Waals surface area contributed by atoms with Gasteiger partial charge in [0.1, 0.15) is 0 Å². The standard InChI is InChI=1S/C15H19NOS/c1-3-5-12-6-4-7-13(8-12)15(17)9-14-10-18-11(2)16-14/h4,6-8,10,15,17H,3,5,9H2,1-2H3. The second-order valence-corrected chi connectivity index (χ2v) is 5.64. The predicted molar refractivity (Wildman–Crippen MR) is 76.0 cm³/mol. The Labute approximate surface area is 112 Å². The van der Waals surface area contributed by atoms with E-state index in [2.05, 4.69) is 24.0 Å². The summed E-state index contributed by atoms with van der Waals surface area (Å²) in [7, 11) is 0. The molecule has 0 amide bonds. The number of thiazole rings is 1. The van der Waals surface area contributed by atoms with Crippen LogP contribution in [0.2, 0.25) is 0 Å². The lowest BCUT2D eigenvalue weighted by molar-refractivity contribution is 0.177. The monoisotopic (exact) mass is 261 g/mol. The third-order valence-corrected chi connectivity index (χ3v) is 3.77. The number of aryl methyl sites for hydroxylation is 2. The molecule has 2 nitrogen and oxygen atoms in total. The van der Waals surface area contributed by atoms with Gasteiger partial charge in [0, 0.05) is 11.8 Å². The summed E-state index contributed by atoms with van der Waals surface area (Å²) in [5.74, 6) is 0. The number of aliphatic hydroxyl groups excluding tert-OH is 1. The highest BCUT2D eigenvalue weighted by Gasteiger charge is 2.11. The molecule has 18 heavy (non-hydrogen) atoms. The van der Waals surface area contributed by atoms with Crippen molar-refractivity contribution in [1.82, 2.24) is 4.98 Å². The van der Waals surface area contributed by atoms with Crippen molar-refractivity contribution >= 4 is 11.3 Å². The Balaban J connectivity index is 2.08. The fourth-order valence-electron chi connectivity index (χ4n) is 2.06. The molecule has 0 spiro atoms. The maximum absolute atomic E-state index is 10.2. The fourth-order valence-corrected chi connectivity index (χ4v) is 2.69. The van der Waals surface area contributed by atoms with Crippen molar-refractivity contribution in [2.24, 2.45) is 0 Å². The molecule has 1 N–H and O–H groups in total. The maximum Gasteiger partial charge on any atom is 0.0897 e. The Morgan fingerprint density at radius 1 is 1.39 bits per heavy atom. The van der Waals surface area contributed by atoms with Crippen LogP contribution in [-0.4, -0.2) is 10.1 Å². The van der Waals surface area contributed by atoms with Crippen molar-refractivity contribution in [3.05, 3.63) is 51.5 Å². The Bertz CT molecular complexity index is 507. The summed E-state index contributed by atoms with van der Waals surface area (Å²) >= 11 is 1.63. The van der Waals surface area contributed by atoms with Gasteiger partial charge < -0.3 is 5.11 Å². The average Bonchev–Trinajstić information content (AvgIpc) is 2.75. The van der Waals surface area contributed by atoms with E-state index in [-0.39, 0.29) is 0 Å². The Morgan fingerprint density at radius 2 is 2.22 bits per heavy atom. The number of hydrogen-bond acceptors (Lipinski definition) is 3. The van der Waals surface area contributed by atoms with Crippen LogP contribution in [0.3, 0.4) is 0 Å². The van der Waals surface area contributed by atoms with Gasteiger partial charge in [-0.05, 0) is 24.5 Å². The van der Waals surface area contributed by atoms with Gasteiger partial charge in [0.2, 0.25) is 0 Å². The SMILES string of the molecule is CCCc1cccc(C(O)Cc2csc(C)n2)c1. The predicted octanol–water partition coefficient (Wildman–Crippen LogP) is 3.68. The van der Waals surface area contributed by atoms with E-state index in [1.165, 1.54) is 5.56 Å². The van der Waals surface area contributed by atoms with Crippen LogP contribution >= 0.6 is 11.3 Å². The Hall–Kier alpha value is -1.19. The van der Waals surface area contributed by atoms with E-state index < -0.39 is 6.10 Å². The smallest absolute Gasteiger partial charge is 0.0897 e. The first kappa shape index (κ1) is 13.2. The molecule has 3 heteroatoms. The van der Waals surface area contributed by atoms with Crippen LogP contribution in [0.5, 0.6) is 0 Å². The van der Waals surface area contributed by atoms with E-state index in [0.29, 0.717) is 6.42 Å². The van der Waals surface area contributed by atoms with Crippen molar-refractivity contribution in [1.29, 1.82) is 0 Å². The van der Waals surface area contributed by atoms with Crippen LogP contribution in [0, 0.1) is 6.92 Å². The first-order valence-corrected chi connectivity index (χ1v) is 7.25. The molecular formula is C15H19NOS. The summed E-state index contributed by atoms with van der Waals surface area (Å²) in [6.45, 7) is 4.16. The van der Waals surface area contributed by atoms with Gasteiger partial charge in [0.15, 0.2) is 0 Å². The molecule has 96 valence electrons. The summed E-state index contributed by atoms with van der Waals surface area (Å²) in [4.78, 5) is 4.39. The number of hydrogen-bond donors (Lipinski definition) is 1. The van der Waals surface area contributed by atoms with Crippen LogP contribution in [0.25, 0.3) is 0 Å². The van der Waals surface area contributed by atoms with Gasteiger partial charge >= 0.3 is 0 Å². The molecule has 1 aromatic carbocycles. The highest BCUT2D eigenvalue weighted by atomic mass is 32.1. The van der Waals surface area contributed by atoms with E-state index in [0.717, 1.165) is 29.1 Å². The molecule has 0 saturated heterocycles. The van der Waals surface area contributed by atoms with Crippen LogP contribution in [0.15, 0.2) is 29.6 Å². The quantitative estimate of drug-likeness (QED) is 0.890. The van der Waals surface area contributed by atoms with Gasteiger partial charge in [0.05, 0.1) is 16.8 Å². The lowest BCUT2D eigenvalue weighted by Crippen LogP contribution is -2.02. The minimum absolute atomic E-state index is 0.455. The zero-order chi connectivity index (χ0) is 13.0. The molecular weight excluding hydrogens is 242 g/mol. The minimum atomic E-state index is -0.455. The van der Waals surface area contributed by atoms with E-state index in [1.807, 2.05) is 24.4 Å². The van der Waals surface area contributed by atoms with Crippen molar-refractivity contribution in [3.63, 3.8) is 0 Å². The van der Waals surface area contributed by atoms with E-state index in [1.54, 1.807) is 11.3 Å². The van der Waals surface area contributed by atoms with Crippen LogP contribution in [0.4, 0.5) is 0 Å². The summed E-state index contributed by atoms with van der Waals surface area (Å²) in [5.41, 5.74) is 3.26. The Kier molecular flexibility index (Phi) is 4.50. The highest BCUT2D eigenvalue weighted by Crippen LogP contribution is 2.21. The van der Waals surface area contributed by atoms with Gasteiger partial charge in [-0.1, -0.05) is 37.6 Å². The summed E-state index contributed by atoms with van der Waals surface area (Å²) in [6, 6.07) is 8.24. The van der Waals surface area contributed by atoms with E-state index in [9.17, 15) is 5.11 Å². The zero-order valence-corrected chi connectivity index (χ0v) is 11.7. The van der Waals surface area contributed by atoms with Crippen LogP contribution in [0.1, 0.15) is 41.3 Å². The van der Waals surface area contributed by atoms with E-state index in [4.69, 9.17) is 0 Å². The van der Waals surface area contributed by atoms with Gasteiger partial charge in [0.25, 0.3) is 0 Å². The maximum atomic E-state index is 10.2. The number of nitrogens with zero attached hydrogens (tertiary/aromatic N) is 1. The zero-order valence-electron chi connectivity index (χ0n) is 10.9. The highest BCUT2D eigenvalue weighted by molar-refractivity contribution is 7.09. The molecule has 0 aliphatic heterocycles. The molecule has 0 aliphatic rings. The molecule has 1 aromatic heterocycles. The molecule has 1 atom stereocenters. The van der Waals surface area contributed by atoms with Crippen molar-refractivity contribution < 1.29 is 5.11 Å². The minimum Gasteiger partial charge on any atom is -0.388 e. The van der Waals surface area contributed by atoms with Crippen molar-refractivity contribution in [3.8, 4) is 0 Å². The molecule has 2 rings (SSSR count). The molecule has 0 radical (unpaired) electrons. The lowest BCUT2D eigenvalue weighted by atomic mass is 10.0. The van der Waals surface area contributed by atoms with Crippen molar-refractivity contribution in [2.45, 2.75) is 39.2 Å². The lowest BCUT2D eigenvalue weighted by Gasteiger charge is -2.11. The third-order valence-electron chi connectivity index (χ3n) is 2.94. The Morgan fingerprint density at radius 3 is 2.89 bits per heavy atom. The topological polar surface area (TPSA) is 33.1 Å². The molecule has 0 saturated carbocycles. The normalized spacial score (nSPS) is 12.6. The summed E-state index contributed by atoms with van der Waals surface area (Å²) < 4.78 is 0. The number of benzene rings is 1. The first-order chi connectivity index (χ1) is 8.69. The first-order valence-electron chi connectivity index (χ1n) is 6.37. The molecule has 1 unspecified atom stereocenters. The van der Waals surface area contributed by atoms with Gasteiger partial charge in [-0.25, -0.2) is 4.98 Å². The average molecular weight is 261 g/mol. The van der Waals surface area contributed by atoms with Crippen molar-refractivity contribution in [2.75, 3.05) is 0 Å². The molecule has 2 aromatic rings. The molecule has 0 fully saturated rings. The fraction of sp³-hybridized carbons (Fsp3) is 0.400. The van der Waals surface area contributed by atoms with Gasteiger partial charge in [-0.3, -0.25) is 0 Å².